The van der Waals surface area contributed by atoms with Crippen molar-refractivity contribution in [1.29, 1.82) is 0 Å². The molecule has 0 radical (unpaired) electrons. The van der Waals surface area contributed by atoms with Gasteiger partial charge in [-0.25, -0.2) is 4.68 Å². The van der Waals surface area contributed by atoms with Gasteiger partial charge in [0, 0.05) is 19.9 Å². The third-order valence-corrected chi connectivity index (χ3v) is 3.27. The van der Waals surface area contributed by atoms with Crippen LogP contribution in [0.2, 0.25) is 0 Å². The van der Waals surface area contributed by atoms with Crippen molar-refractivity contribution < 1.29 is 4.74 Å². The first-order valence-electron chi connectivity index (χ1n) is 6.04. The van der Waals surface area contributed by atoms with Crippen LogP contribution in [0.1, 0.15) is 18.9 Å². The number of nitrogen functional groups attached to an aromatic ring is 1. The molecule has 18 heavy (non-hydrogen) atoms. The summed E-state index contributed by atoms with van der Waals surface area (Å²) in [7, 11) is 1.88. The topological polar surface area (TPSA) is 83.8 Å². The van der Waals surface area contributed by atoms with Gasteiger partial charge in [0.05, 0.1) is 18.3 Å². The summed E-state index contributed by atoms with van der Waals surface area (Å²) >= 11 is 0. The fraction of sp³-hybridized carbons (Fsp3) is 0.545. The fourth-order valence-electron chi connectivity index (χ4n) is 2.33. The van der Waals surface area contributed by atoms with Crippen LogP contribution in [0.4, 0.5) is 5.82 Å². The maximum atomic E-state index is 5.93. The number of ether oxygens (including phenoxy) is 1. The minimum atomic E-state index is 0.202. The second kappa shape index (κ2) is 4.41. The van der Waals surface area contributed by atoms with Gasteiger partial charge in [-0.2, -0.15) is 5.10 Å². The lowest BCUT2D eigenvalue weighted by atomic mass is 10.1. The number of rotatable bonds is 2. The van der Waals surface area contributed by atoms with Crippen LogP contribution in [0.5, 0.6) is 0 Å². The molecule has 0 aromatic carbocycles. The highest BCUT2D eigenvalue weighted by Gasteiger charge is 2.23. The molecule has 1 atom stereocenters. The molecule has 0 saturated carbocycles. The van der Waals surface area contributed by atoms with E-state index in [4.69, 9.17) is 10.5 Å². The Kier molecular flexibility index (Phi) is 2.75. The highest BCUT2D eigenvalue weighted by Crippen LogP contribution is 2.29. The molecular weight excluding hydrogens is 232 g/mol. The molecule has 0 aliphatic carbocycles. The molecule has 3 heterocycles. The summed E-state index contributed by atoms with van der Waals surface area (Å²) in [4.78, 5) is 0. The van der Waals surface area contributed by atoms with E-state index in [-0.39, 0.29) is 6.04 Å². The van der Waals surface area contributed by atoms with E-state index >= 15 is 0 Å². The van der Waals surface area contributed by atoms with E-state index in [9.17, 15) is 0 Å². The van der Waals surface area contributed by atoms with Gasteiger partial charge >= 0.3 is 0 Å². The summed E-state index contributed by atoms with van der Waals surface area (Å²) < 4.78 is 9.14. The van der Waals surface area contributed by atoms with Gasteiger partial charge < -0.3 is 10.5 Å². The van der Waals surface area contributed by atoms with Crippen LogP contribution in [0, 0.1) is 0 Å². The van der Waals surface area contributed by atoms with Crippen molar-refractivity contribution in [2.24, 2.45) is 7.05 Å². The summed E-state index contributed by atoms with van der Waals surface area (Å²) in [6, 6.07) is 2.11. The van der Waals surface area contributed by atoms with Crippen molar-refractivity contribution >= 4 is 5.82 Å². The first-order valence-corrected chi connectivity index (χ1v) is 6.04. The van der Waals surface area contributed by atoms with Gasteiger partial charge in [0.25, 0.3) is 0 Å². The average Bonchev–Trinajstić information content (AvgIpc) is 2.96. The number of aryl methyl sites for hydroxylation is 1. The SMILES string of the molecule is Cn1nccc1-c1c(N)nnn1C1CCCOC1. The molecule has 3 rings (SSSR count). The van der Waals surface area contributed by atoms with E-state index in [1.807, 2.05) is 17.8 Å². The first kappa shape index (κ1) is 11.2. The zero-order valence-electron chi connectivity index (χ0n) is 10.3. The number of nitrogens with zero attached hydrogens (tertiary/aromatic N) is 5. The lowest BCUT2D eigenvalue weighted by Crippen LogP contribution is -2.23. The van der Waals surface area contributed by atoms with Crippen LogP contribution >= 0.6 is 0 Å². The van der Waals surface area contributed by atoms with E-state index in [2.05, 4.69) is 15.4 Å². The minimum absolute atomic E-state index is 0.202. The molecule has 1 aliphatic rings. The molecule has 0 bridgehead atoms. The Morgan fingerprint density at radius 3 is 3.06 bits per heavy atom. The summed E-state index contributed by atoms with van der Waals surface area (Å²) in [5, 5.41) is 12.3. The van der Waals surface area contributed by atoms with E-state index < -0.39 is 0 Å². The quantitative estimate of drug-likeness (QED) is 0.842. The van der Waals surface area contributed by atoms with E-state index in [0.29, 0.717) is 12.4 Å². The number of anilines is 1. The van der Waals surface area contributed by atoms with Crippen LogP contribution < -0.4 is 5.73 Å². The summed E-state index contributed by atoms with van der Waals surface area (Å²) in [6.45, 7) is 1.48. The van der Waals surface area contributed by atoms with Crippen molar-refractivity contribution in [2.45, 2.75) is 18.9 Å². The summed E-state index contributed by atoms with van der Waals surface area (Å²) in [6.07, 6.45) is 3.81. The molecule has 1 unspecified atom stereocenters. The Hall–Kier alpha value is -1.89. The van der Waals surface area contributed by atoms with Gasteiger partial charge in [-0.1, -0.05) is 5.21 Å². The van der Waals surface area contributed by atoms with Crippen LogP contribution in [0.15, 0.2) is 12.3 Å². The molecule has 0 spiro atoms. The van der Waals surface area contributed by atoms with Crippen molar-refractivity contribution in [1.82, 2.24) is 24.8 Å². The van der Waals surface area contributed by atoms with Gasteiger partial charge in [-0.05, 0) is 18.9 Å². The maximum absolute atomic E-state index is 5.93. The largest absolute Gasteiger partial charge is 0.380 e. The number of aromatic nitrogens is 5. The predicted molar refractivity (Wildman–Crippen MR) is 65.7 cm³/mol. The molecular formula is C11H16N6O. The predicted octanol–water partition coefficient (Wildman–Crippen LogP) is 0.612. The Morgan fingerprint density at radius 1 is 1.50 bits per heavy atom. The van der Waals surface area contributed by atoms with Crippen molar-refractivity contribution in [2.75, 3.05) is 18.9 Å². The van der Waals surface area contributed by atoms with Gasteiger partial charge in [0.1, 0.15) is 5.69 Å². The molecule has 1 saturated heterocycles. The fourth-order valence-corrected chi connectivity index (χ4v) is 2.33. The molecule has 2 N–H and O–H groups in total. The Bertz CT molecular complexity index is 539. The molecule has 2 aromatic heterocycles. The maximum Gasteiger partial charge on any atom is 0.175 e. The van der Waals surface area contributed by atoms with Gasteiger partial charge in [0.2, 0.25) is 0 Å². The van der Waals surface area contributed by atoms with Crippen LogP contribution in [0.3, 0.4) is 0 Å². The molecule has 1 fully saturated rings. The molecule has 7 nitrogen and oxygen atoms in total. The molecule has 7 heteroatoms. The average molecular weight is 248 g/mol. The third kappa shape index (κ3) is 1.76. The minimum Gasteiger partial charge on any atom is -0.380 e. The third-order valence-electron chi connectivity index (χ3n) is 3.27. The summed E-state index contributed by atoms with van der Waals surface area (Å²) in [5.41, 5.74) is 7.68. The van der Waals surface area contributed by atoms with Gasteiger partial charge in [-0.3, -0.25) is 4.68 Å². The zero-order chi connectivity index (χ0) is 12.5. The highest BCUT2D eigenvalue weighted by atomic mass is 16.5. The summed E-state index contributed by atoms with van der Waals surface area (Å²) in [5.74, 6) is 0.434. The normalized spacial score (nSPS) is 20.2. The van der Waals surface area contributed by atoms with E-state index in [0.717, 1.165) is 30.8 Å². The lowest BCUT2D eigenvalue weighted by molar-refractivity contribution is 0.0548. The van der Waals surface area contributed by atoms with Gasteiger partial charge in [0.15, 0.2) is 5.82 Å². The second-order valence-electron chi connectivity index (χ2n) is 4.48. The molecule has 1 aliphatic heterocycles. The van der Waals surface area contributed by atoms with Crippen LogP contribution in [-0.2, 0) is 11.8 Å². The van der Waals surface area contributed by atoms with E-state index in [1.165, 1.54) is 0 Å². The van der Waals surface area contributed by atoms with Crippen LogP contribution in [0.25, 0.3) is 11.4 Å². The molecule has 0 amide bonds. The van der Waals surface area contributed by atoms with Crippen LogP contribution in [-0.4, -0.2) is 38.0 Å². The van der Waals surface area contributed by atoms with Crippen molar-refractivity contribution in [3.8, 4) is 11.4 Å². The van der Waals surface area contributed by atoms with Gasteiger partial charge in [-0.15, -0.1) is 5.10 Å². The standard InChI is InChI=1S/C11H16N6O/c1-16-9(4-5-13-16)10-11(12)14-15-17(10)8-3-2-6-18-7-8/h4-5,8H,2-3,6-7,12H2,1H3. The van der Waals surface area contributed by atoms with Crippen molar-refractivity contribution in [3.05, 3.63) is 12.3 Å². The Labute approximate surface area is 105 Å². The smallest absolute Gasteiger partial charge is 0.175 e. The number of hydrogen-bond donors (Lipinski definition) is 1. The second-order valence-corrected chi connectivity index (χ2v) is 4.48. The number of hydrogen-bond acceptors (Lipinski definition) is 5. The first-order chi connectivity index (χ1) is 8.77. The Morgan fingerprint density at radius 2 is 2.39 bits per heavy atom. The number of nitrogens with two attached hydrogens (primary N) is 1. The molecule has 2 aromatic rings. The monoisotopic (exact) mass is 248 g/mol. The highest BCUT2D eigenvalue weighted by molar-refractivity contribution is 5.66. The Balaban J connectivity index is 2.03. The van der Waals surface area contributed by atoms with E-state index in [1.54, 1.807) is 10.9 Å². The van der Waals surface area contributed by atoms with Crippen molar-refractivity contribution in [3.63, 3.8) is 0 Å². The lowest BCUT2D eigenvalue weighted by Gasteiger charge is -2.23. The molecule has 96 valence electrons. The zero-order valence-corrected chi connectivity index (χ0v) is 10.3.